The Bertz CT molecular complexity index is 338. The van der Waals surface area contributed by atoms with Gasteiger partial charge in [0.1, 0.15) is 0 Å². The number of hydrogen-bond donors (Lipinski definition) is 0. The van der Waals surface area contributed by atoms with Crippen LogP contribution in [-0.4, -0.2) is 11.2 Å². The lowest BCUT2D eigenvalue weighted by atomic mass is 10.3. The highest BCUT2D eigenvalue weighted by molar-refractivity contribution is 8.24. The van der Waals surface area contributed by atoms with Crippen LogP contribution in [-0.2, 0) is 0 Å². The van der Waals surface area contributed by atoms with E-state index in [1.54, 1.807) is 0 Å². The summed E-state index contributed by atoms with van der Waals surface area (Å²) in [7, 11) is -3.86. The maximum absolute atomic E-state index is 12.8. The van der Waals surface area contributed by atoms with Crippen molar-refractivity contribution in [3.05, 3.63) is 34.4 Å². The average Bonchev–Trinajstić information content (AvgIpc) is 2.03. The van der Waals surface area contributed by atoms with E-state index in [1.807, 2.05) is 0 Å². The summed E-state index contributed by atoms with van der Waals surface area (Å²) in [5.41, 5.74) is -0.300. The molecule has 13 heavy (non-hydrogen) atoms. The smallest absolute Gasteiger partial charge is 0.258 e. The van der Waals surface area contributed by atoms with Gasteiger partial charge in [-0.1, -0.05) is 6.07 Å². The molecule has 0 saturated heterocycles. The summed E-state index contributed by atoms with van der Waals surface area (Å²) < 4.78 is 25.5. The molecule has 0 unspecified atom stereocenters. The number of nitrogens with zero attached hydrogens (tertiary/aromatic N) is 1. The molecule has 3 nitrogen and oxygen atoms in total. The quantitative estimate of drug-likeness (QED) is 0.552. The van der Waals surface area contributed by atoms with E-state index in [0.29, 0.717) is 0 Å². The third kappa shape index (κ3) is 2.38. The highest BCUT2D eigenvalue weighted by Gasteiger charge is 2.20. The number of hydrogen-bond acceptors (Lipinski definition) is 2. The topological polar surface area (TPSA) is 43.1 Å². The number of halogens is 2. The van der Waals surface area contributed by atoms with E-state index in [0.717, 1.165) is 12.3 Å². The second kappa shape index (κ2) is 3.29. The summed E-state index contributed by atoms with van der Waals surface area (Å²) in [6, 6.07) is 4.56. The van der Waals surface area contributed by atoms with Crippen LogP contribution in [0.4, 0.5) is 13.5 Å². The minimum absolute atomic E-state index is 0.262. The zero-order valence-electron chi connectivity index (χ0n) is 6.74. The molecule has 0 saturated carbocycles. The molecular formula is C7H7F2NO2S. The summed E-state index contributed by atoms with van der Waals surface area (Å²) in [4.78, 5) is 9.30. The van der Waals surface area contributed by atoms with Crippen LogP contribution in [0.15, 0.2) is 29.2 Å². The molecule has 0 bridgehead atoms. The van der Waals surface area contributed by atoms with Crippen molar-refractivity contribution in [3.8, 4) is 0 Å². The van der Waals surface area contributed by atoms with E-state index in [2.05, 4.69) is 0 Å². The Labute approximate surface area is 75.4 Å². The van der Waals surface area contributed by atoms with Gasteiger partial charge in [-0.15, -0.1) is 0 Å². The van der Waals surface area contributed by atoms with Crippen LogP contribution in [0.5, 0.6) is 0 Å². The number of benzene rings is 1. The lowest BCUT2D eigenvalue weighted by Crippen LogP contribution is -1.90. The number of nitro benzene ring substituents is 1. The molecular weight excluding hydrogens is 200 g/mol. The minimum atomic E-state index is -3.86. The molecule has 0 aliphatic carbocycles. The van der Waals surface area contributed by atoms with Gasteiger partial charge in [0.05, 0.1) is 20.6 Å². The van der Waals surface area contributed by atoms with Gasteiger partial charge in [0.15, 0.2) is 0 Å². The minimum Gasteiger partial charge on any atom is -0.258 e. The van der Waals surface area contributed by atoms with E-state index < -0.39 is 15.7 Å². The first-order chi connectivity index (χ1) is 5.91. The zero-order valence-corrected chi connectivity index (χ0v) is 7.55. The fourth-order valence-corrected chi connectivity index (χ4v) is 1.47. The Balaban J connectivity index is 3.13. The molecule has 0 spiro atoms. The van der Waals surface area contributed by atoms with Crippen LogP contribution >= 0.6 is 10.8 Å². The molecule has 1 rings (SSSR count). The molecule has 0 N–H and O–H groups in total. The Hall–Kier alpha value is -1.17. The van der Waals surface area contributed by atoms with Gasteiger partial charge in [0.25, 0.3) is 5.69 Å². The molecule has 0 heterocycles. The number of non-ortho nitro benzene ring substituents is 1. The number of nitro groups is 1. The van der Waals surface area contributed by atoms with Crippen molar-refractivity contribution in [1.82, 2.24) is 0 Å². The van der Waals surface area contributed by atoms with Crippen LogP contribution in [0.25, 0.3) is 0 Å². The summed E-state index contributed by atoms with van der Waals surface area (Å²) in [5.74, 6) is 0. The van der Waals surface area contributed by atoms with E-state index >= 15 is 0 Å². The molecule has 0 atom stereocenters. The highest BCUT2D eigenvalue weighted by atomic mass is 32.3. The van der Waals surface area contributed by atoms with Gasteiger partial charge in [0, 0.05) is 18.4 Å². The zero-order chi connectivity index (χ0) is 10.1. The van der Waals surface area contributed by atoms with Crippen molar-refractivity contribution in [2.75, 3.05) is 6.26 Å². The largest absolute Gasteiger partial charge is 0.270 e. The predicted octanol–water partition coefficient (Wildman–Crippen LogP) is 3.16. The lowest BCUT2D eigenvalue weighted by molar-refractivity contribution is -0.385. The van der Waals surface area contributed by atoms with Crippen molar-refractivity contribution in [1.29, 1.82) is 0 Å². The third-order valence-corrected chi connectivity index (χ3v) is 2.52. The first kappa shape index (κ1) is 9.91. The Morgan fingerprint density at radius 2 is 2.08 bits per heavy atom. The fourth-order valence-electron chi connectivity index (χ4n) is 0.820. The Morgan fingerprint density at radius 1 is 1.46 bits per heavy atom. The summed E-state index contributed by atoms with van der Waals surface area (Å²) >= 11 is 0. The van der Waals surface area contributed by atoms with Crippen LogP contribution < -0.4 is 0 Å². The summed E-state index contributed by atoms with van der Waals surface area (Å²) in [6.45, 7) is 0. The summed E-state index contributed by atoms with van der Waals surface area (Å²) in [5, 5.41) is 10.3. The van der Waals surface area contributed by atoms with Crippen LogP contribution in [0.2, 0.25) is 0 Å². The number of rotatable bonds is 2. The van der Waals surface area contributed by atoms with Gasteiger partial charge in [-0.05, 0) is 6.07 Å². The monoisotopic (exact) mass is 207 g/mol. The second-order valence-corrected chi connectivity index (χ2v) is 4.40. The van der Waals surface area contributed by atoms with Crippen LogP contribution in [0, 0.1) is 10.1 Å². The Kier molecular flexibility index (Phi) is 2.51. The predicted molar refractivity (Wildman–Crippen MR) is 47.1 cm³/mol. The molecule has 6 heteroatoms. The van der Waals surface area contributed by atoms with Crippen molar-refractivity contribution in [3.63, 3.8) is 0 Å². The second-order valence-electron chi connectivity index (χ2n) is 2.48. The molecule has 1 aromatic carbocycles. The van der Waals surface area contributed by atoms with Crippen molar-refractivity contribution < 1.29 is 12.7 Å². The van der Waals surface area contributed by atoms with Crippen LogP contribution in [0.1, 0.15) is 0 Å². The van der Waals surface area contributed by atoms with Crippen LogP contribution in [0.3, 0.4) is 0 Å². The van der Waals surface area contributed by atoms with Crippen molar-refractivity contribution >= 4 is 16.5 Å². The van der Waals surface area contributed by atoms with Gasteiger partial charge in [0.2, 0.25) is 0 Å². The molecule has 0 amide bonds. The van der Waals surface area contributed by atoms with E-state index in [1.165, 1.54) is 18.2 Å². The normalized spacial score (nSPS) is 12.5. The maximum Gasteiger partial charge on any atom is 0.270 e. The molecule has 0 aliphatic heterocycles. The van der Waals surface area contributed by atoms with Crippen molar-refractivity contribution in [2.45, 2.75) is 4.90 Å². The van der Waals surface area contributed by atoms with Gasteiger partial charge in [-0.2, -0.15) is 7.77 Å². The van der Waals surface area contributed by atoms with Crippen molar-refractivity contribution in [2.24, 2.45) is 0 Å². The first-order valence-electron chi connectivity index (χ1n) is 3.33. The molecule has 0 aromatic heterocycles. The maximum atomic E-state index is 12.8. The van der Waals surface area contributed by atoms with Gasteiger partial charge >= 0.3 is 0 Å². The fraction of sp³-hybridized carbons (Fsp3) is 0.143. The third-order valence-electron chi connectivity index (χ3n) is 1.44. The van der Waals surface area contributed by atoms with Gasteiger partial charge < -0.3 is 0 Å². The molecule has 0 radical (unpaired) electrons. The van der Waals surface area contributed by atoms with E-state index in [9.17, 15) is 17.9 Å². The molecule has 0 aliphatic rings. The standard InChI is InChI=1S/C7H7F2NO2S/c1-13(8,9)7-4-2-3-6(5-7)10(11)12/h2-5H,1H3. The summed E-state index contributed by atoms with van der Waals surface area (Å²) in [6.07, 6.45) is 0.784. The van der Waals surface area contributed by atoms with Gasteiger partial charge in [-0.25, -0.2) is 0 Å². The Morgan fingerprint density at radius 3 is 2.54 bits per heavy atom. The molecule has 72 valence electrons. The highest BCUT2D eigenvalue weighted by Crippen LogP contribution is 2.56. The van der Waals surface area contributed by atoms with Gasteiger partial charge in [-0.3, -0.25) is 10.1 Å². The lowest BCUT2D eigenvalue weighted by Gasteiger charge is -2.13. The van der Waals surface area contributed by atoms with E-state index in [-0.39, 0.29) is 10.6 Å². The SMILES string of the molecule is CS(F)(F)c1cccc([N+](=O)[O-])c1. The van der Waals surface area contributed by atoms with E-state index in [4.69, 9.17) is 0 Å². The first-order valence-corrected chi connectivity index (χ1v) is 5.17. The average molecular weight is 207 g/mol. The molecule has 0 fully saturated rings. The molecule has 1 aromatic rings.